The average molecular weight is 473 g/mol. The summed E-state index contributed by atoms with van der Waals surface area (Å²) in [6.07, 6.45) is 3.04. The summed E-state index contributed by atoms with van der Waals surface area (Å²) in [5.41, 5.74) is 8.94. The van der Waals surface area contributed by atoms with E-state index in [0.29, 0.717) is 17.1 Å². The maximum atomic E-state index is 12.2. The molecule has 1 unspecified atom stereocenters. The number of halogens is 1. The van der Waals surface area contributed by atoms with Crippen molar-refractivity contribution in [3.8, 4) is 17.6 Å². The molecule has 4 rings (SSSR count). The zero-order valence-corrected chi connectivity index (χ0v) is 17.9. The lowest BCUT2D eigenvalue weighted by molar-refractivity contribution is -0.128. The fourth-order valence-corrected chi connectivity index (χ4v) is 3.64. The van der Waals surface area contributed by atoms with E-state index >= 15 is 0 Å². The number of hydrogen-bond acceptors (Lipinski definition) is 5. The van der Waals surface area contributed by atoms with Gasteiger partial charge in [0.25, 0.3) is 0 Å². The highest BCUT2D eigenvalue weighted by atomic mass is 79.9. The summed E-state index contributed by atoms with van der Waals surface area (Å²) in [4.78, 5) is 12.2. The molecule has 3 aromatic rings. The van der Waals surface area contributed by atoms with E-state index in [2.05, 4.69) is 22.0 Å². The quantitative estimate of drug-likeness (QED) is 0.316. The Morgan fingerprint density at radius 3 is 2.55 bits per heavy atom. The largest absolute Gasteiger partial charge is 0.440 e. The minimum Gasteiger partial charge on any atom is -0.440 e. The lowest BCUT2D eigenvalue weighted by Gasteiger charge is -2.26. The van der Waals surface area contributed by atoms with Crippen LogP contribution in [0.5, 0.6) is 11.5 Å². The van der Waals surface area contributed by atoms with Gasteiger partial charge in [-0.1, -0.05) is 64.5 Å². The van der Waals surface area contributed by atoms with E-state index in [1.165, 1.54) is 6.08 Å². The van der Waals surface area contributed by atoms with Crippen LogP contribution in [-0.2, 0) is 4.79 Å². The highest BCUT2D eigenvalue weighted by Gasteiger charge is 2.31. The van der Waals surface area contributed by atoms with Gasteiger partial charge in [0.1, 0.15) is 23.1 Å². The predicted octanol–water partition coefficient (Wildman–Crippen LogP) is 5.29. The van der Waals surface area contributed by atoms with Gasteiger partial charge in [0.05, 0.1) is 5.92 Å². The topological polar surface area (TPSA) is 85.3 Å². The Labute approximate surface area is 188 Å². The monoisotopic (exact) mass is 472 g/mol. The normalized spacial score (nSPS) is 15.2. The summed E-state index contributed by atoms with van der Waals surface area (Å²) >= 11 is 3.42. The van der Waals surface area contributed by atoms with Gasteiger partial charge >= 0.3 is 5.97 Å². The molecule has 0 radical (unpaired) electrons. The molecule has 1 aliphatic heterocycles. The molecule has 2 N–H and O–H groups in total. The van der Waals surface area contributed by atoms with Gasteiger partial charge in [-0.25, -0.2) is 4.79 Å². The summed E-state index contributed by atoms with van der Waals surface area (Å²) < 4.78 is 12.0. The number of rotatable bonds is 4. The number of esters is 1. The van der Waals surface area contributed by atoms with E-state index in [4.69, 9.17) is 15.2 Å². The molecule has 0 amide bonds. The van der Waals surface area contributed by atoms with Crippen molar-refractivity contribution < 1.29 is 14.3 Å². The van der Waals surface area contributed by atoms with Crippen molar-refractivity contribution >= 4 is 28.0 Å². The fourth-order valence-electron chi connectivity index (χ4n) is 3.38. The number of nitrogens with zero attached hydrogens (tertiary/aromatic N) is 1. The first kappa shape index (κ1) is 20.5. The van der Waals surface area contributed by atoms with Crippen LogP contribution in [0.1, 0.15) is 22.6 Å². The number of ether oxygens (including phenoxy) is 2. The minimum absolute atomic E-state index is 0.0374. The van der Waals surface area contributed by atoms with E-state index in [1.54, 1.807) is 24.3 Å². The predicted molar refractivity (Wildman–Crippen MR) is 121 cm³/mol. The Morgan fingerprint density at radius 1 is 1.10 bits per heavy atom. The summed E-state index contributed by atoms with van der Waals surface area (Å²) in [5, 5.41) is 9.65. The molecule has 0 fully saturated rings. The molecule has 1 heterocycles. The molecule has 1 atom stereocenters. The first-order chi connectivity index (χ1) is 15.0. The molecule has 6 heteroatoms. The average Bonchev–Trinajstić information content (AvgIpc) is 2.78. The van der Waals surface area contributed by atoms with Crippen LogP contribution >= 0.6 is 15.9 Å². The standard InChI is InChI=1S/C25H17BrN2O3/c26-18-9-7-17(8-10-18)24-20-12-11-19(14-22(20)31-25(28)21(24)15-27)30-23(29)13-6-16-4-2-1-3-5-16/h1-14,24H,28H2/b13-6+. The van der Waals surface area contributed by atoms with Crippen LogP contribution in [0.25, 0.3) is 6.08 Å². The Hall–Kier alpha value is -3.82. The van der Waals surface area contributed by atoms with Crippen molar-refractivity contribution in [3.05, 3.63) is 111 Å². The molecule has 31 heavy (non-hydrogen) atoms. The summed E-state index contributed by atoms with van der Waals surface area (Å²) in [6, 6.07) is 24.4. The van der Waals surface area contributed by atoms with E-state index in [0.717, 1.165) is 21.2 Å². The van der Waals surface area contributed by atoms with Crippen LogP contribution in [0.4, 0.5) is 0 Å². The molecule has 152 valence electrons. The molecular weight excluding hydrogens is 456 g/mol. The zero-order chi connectivity index (χ0) is 21.8. The fraction of sp³-hybridized carbons (Fsp3) is 0.0400. The van der Waals surface area contributed by atoms with Crippen LogP contribution < -0.4 is 15.2 Å². The summed E-state index contributed by atoms with van der Waals surface area (Å²) in [5.74, 6) is -0.0729. The van der Waals surface area contributed by atoms with Crippen molar-refractivity contribution in [2.75, 3.05) is 0 Å². The Bertz CT molecular complexity index is 1230. The highest BCUT2D eigenvalue weighted by Crippen LogP contribution is 2.43. The Kier molecular flexibility index (Phi) is 5.87. The first-order valence-electron chi connectivity index (χ1n) is 9.47. The molecule has 1 aliphatic rings. The molecular formula is C25H17BrN2O3. The lowest BCUT2D eigenvalue weighted by atomic mass is 9.83. The van der Waals surface area contributed by atoms with E-state index in [9.17, 15) is 10.1 Å². The van der Waals surface area contributed by atoms with E-state index < -0.39 is 5.97 Å². The minimum atomic E-state index is -0.509. The maximum absolute atomic E-state index is 12.2. The third-order valence-electron chi connectivity index (χ3n) is 4.82. The zero-order valence-electron chi connectivity index (χ0n) is 16.3. The molecule has 3 aromatic carbocycles. The van der Waals surface area contributed by atoms with Gasteiger partial charge in [-0.3, -0.25) is 0 Å². The third-order valence-corrected chi connectivity index (χ3v) is 5.35. The number of nitrogens with two attached hydrogens (primary N) is 1. The number of carbonyl (C=O) groups excluding carboxylic acids is 1. The van der Waals surface area contributed by atoms with E-state index in [-0.39, 0.29) is 11.8 Å². The van der Waals surface area contributed by atoms with Gasteiger partial charge in [0.2, 0.25) is 5.88 Å². The number of carbonyl (C=O) groups is 1. The highest BCUT2D eigenvalue weighted by molar-refractivity contribution is 9.10. The summed E-state index contributed by atoms with van der Waals surface area (Å²) in [6.45, 7) is 0. The Morgan fingerprint density at radius 2 is 1.84 bits per heavy atom. The van der Waals surface area contributed by atoms with Crippen molar-refractivity contribution in [3.63, 3.8) is 0 Å². The lowest BCUT2D eigenvalue weighted by Crippen LogP contribution is -2.21. The van der Waals surface area contributed by atoms with Gasteiger partial charge in [0, 0.05) is 22.2 Å². The van der Waals surface area contributed by atoms with Crippen LogP contribution in [0.2, 0.25) is 0 Å². The molecule has 0 saturated heterocycles. The summed E-state index contributed by atoms with van der Waals surface area (Å²) in [7, 11) is 0. The molecule has 0 bridgehead atoms. The van der Waals surface area contributed by atoms with E-state index in [1.807, 2.05) is 54.6 Å². The first-order valence-corrected chi connectivity index (χ1v) is 10.3. The molecule has 0 saturated carbocycles. The molecule has 0 aliphatic carbocycles. The number of hydrogen-bond donors (Lipinski definition) is 1. The van der Waals surface area contributed by atoms with Gasteiger partial charge in [-0.15, -0.1) is 0 Å². The van der Waals surface area contributed by atoms with Gasteiger partial charge < -0.3 is 15.2 Å². The van der Waals surface area contributed by atoms with Gasteiger partial charge in [-0.2, -0.15) is 5.26 Å². The maximum Gasteiger partial charge on any atom is 0.336 e. The molecule has 5 nitrogen and oxygen atoms in total. The molecule has 0 aromatic heterocycles. The second-order valence-corrected chi connectivity index (χ2v) is 7.76. The smallest absolute Gasteiger partial charge is 0.336 e. The number of benzene rings is 3. The van der Waals surface area contributed by atoms with Crippen LogP contribution in [0.3, 0.4) is 0 Å². The molecule has 0 spiro atoms. The van der Waals surface area contributed by atoms with Gasteiger partial charge in [0.15, 0.2) is 0 Å². The number of fused-ring (bicyclic) bond motifs is 1. The third kappa shape index (κ3) is 4.52. The van der Waals surface area contributed by atoms with Crippen LogP contribution in [0.15, 0.2) is 94.8 Å². The number of nitriles is 1. The van der Waals surface area contributed by atoms with Crippen molar-refractivity contribution in [1.29, 1.82) is 5.26 Å². The number of allylic oxidation sites excluding steroid dienone is 1. The SMILES string of the molecule is N#CC1=C(N)Oc2cc(OC(=O)/C=C/c3ccccc3)ccc2C1c1ccc(Br)cc1. The second-order valence-electron chi connectivity index (χ2n) is 6.84. The van der Waals surface area contributed by atoms with Crippen molar-refractivity contribution in [1.82, 2.24) is 0 Å². The van der Waals surface area contributed by atoms with Crippen LogP contribution in [-0.4, -0.2) is 5.97 Å². The van der Waals surface area contributed by atoms with Crippen LogP contribution in [0, 0.1) is 11.3 Å². The van der Waals surface area contributed by atoms with Crippen molar-refractivity contribution in [2.24, 2.45) is 5.73 Å². The van der Waals surface area contributed by atoms with Crippen molar-refractivity contribution in [2.45, 2.75) is 5.92 Å². The van der Waals surface area contributed by atoms with Gasteiger partial charge in [-0.05, 0) is 35.4 Å². The Balaban J connectivity index is 1.61. The second kappa shape index (κ2) is 8.90.